The maximum absolute atomic E-state index is 12.8. The van der Waals surface area contributed by atoms with E-state index >= 15 is 0 Å². The van der Waals surface area contributed by atoms with Gasteiger partial charge in [-0.25, -0.2) is 0 Å². The molecule has 1 amide bonds. The van der Waals surface area contributed by atoms with Crippen LogP contribution in [0.3, 0.4) is 0 Å². The number of hydrogen-bond donors (Lipinski definition) is 1. The molecule has 1 aromatic carbocycles. The molecule has 0 saturated heterocycles. The van der Waals surface area contributed by atoms with Gasteiger partial charge in [0.1, 0.15) is 5.76 Å². The predicted molar refractivity (Wildman–Crippen MR) is 110 cm³/mol. The summed E-state index contributed by atoms with van der Waals surface area (Å²) >= 11 is 0. The third-order valence-electron chi connectivity index (χ3n) is 5.12. The lowest BCUT2D eigenvalue weighted by atomic mass is 9.94. The van der Waals surface area contributed by atoms with E-state index in [0.717, 1.165) is 12.0 Å². The van der Waals surface area contributed by atoms with Crippen LogP contribution in [0.5, 0.6) is 11.5 Å². The number of aryl methyl sites for hydroxylation is 1. The lowest BCUT2D eigenvalue weighted by molar-refractivity contribution is 0.0906. The minimum absolute atomic E-state index is 0.0568. The number of ketones is 1. The number of nitrogens with one attached hydrogen (secondary N) is 1. The summed E-state index contributed by atoms with van der Waals surface area (Å²) < 4.78 is 17.0. The van der Waals surface area contributed by atoms with Crippen molar-refractivity contribution < 1.29 is 23.5 Å². The molecule has 0 spiro atoms. The standard InChI is InChI=1S/C23H29NO5/c1-13(2)12-28-18-10-9-16(11-20(18)27-5)15(4)24-23(26)22-14(3)21-17(25)7-6-8-19(21)29-22/h9-11,13,15H,6-8,12H2,1-5H3,(H,24,26)/t15-/m0/s1. The van der Waals surface area contributed by atoms with Gasteiger partial charge in [0, 0.05) is 18.4 Å². The molecule has 0 radical (unpaired) electrons. The van der Waals surface area contributed by atoms with Gasteiger partial charge in [0.25, 0.3) is 5.91 Å². The Balaban J connectivity index is 1.75. The average Bonchev–Trinajstić information content (AvgIpc) is 3.04. The van der Waals surface area contributed by atoms with Crippen LogP contribution in [-0.2, 0) is 6.42 Å². The fraction of sp³-hybridized carbons (Fsp3) is 0.478. The molecule has 1 N–H and O–H groups in total. The lowest BCUT2D eigenvalue weighted by Gasteiger charge is -2.17. The summed E-state index contributed by atoms with van der Waals surface area (Å²) in [4.78, 5) is 25.0. The number of hydrogen-bond acceptors (Lipinski definition) is 5. The molecule has 0 saturated carbocycles. The molecule has 0 fully saturated rings. The molecule has 1 atom stereocenters. The zero-order valence-electron chi connectivity index (χ0n) is 17.8. The van der Waals surface area contributed by atoms with Crippen molar-refractivity contribution in [3.8, 4) is 11.5 Å². The first kappa shape index (κ1) is 21.0. The number of Topliss-reactive ketones (excluding diaryl/α,β-unsaturated/α-hetero) is 1. The lowest BCUT2D eigenvalue weighted by Crippen LogP contribution is -2.27. The molecule has 6 heteroatoms. The Morgan fingerprint density at radius 3 is 2.62 bits per heavy atom. The van der Waals surface area contributed by atoms with Crippen LogP contribution in [0, 0.1) is 12.8 Å². The number of carbonyl (C=O) groups is 2. The van der Waals surface area contributed by atoms with Crippen molar-refractivity contribution in [1.82, 2.24) is 5.32 Å². The Bertz CT molecular complexity index is 912. The van der Waals surface area contributed by atoms with Crippen LogP contribution < -0.4 is 14.8 Å². The van der Waals surface area contributed by atoms with E-state index in [0.29, 0.717) is 53.8 Å². The summed E-state index contributed by atoms with van der Waals surface area (Å²) in [7, 11) is 1.60. The predicted octanol–water partition coefficient (Wildman–Crippen LogP) is 4.64. The first-order valence-electron chi connectivity index (χ1n) is 10.1. The van der Waals surface area contributed by atoms with E-state index in [1.54, 1.807) is 14.0 Å². The molecule has 0 aliphatic heterocycles. The number of carbonyl (C=O) groups excluding carboxylic acids is 2. The Hall–Kier alpha value is -2.76. The van der Waals surface area contributed by atoms with Crippen LogP contribution in [0.4, 0.5) is 0 Å². The van der Waals surface area contributed by atoms with Gasteiger partial charge >= 0.3 is 0 Å². The van der Waals surface area contributed by atoms with Gasteiger partial charge in [-0.1, -0.05) is 19.9 Å². The van der Waals surface area contributed by atoms with Crippen molar-refractivity contribution >= 4 is 11.7 Å². The van der Waals surface area contributed by atoms with Crippen LogP contribution in [0.1, 0.15) is 77.5 Å². The first-order chi connectivity index (χ1) is 13.8. The highest BCUT2D eigenvalue weighted by Gasteiger charge is 2.29. The highest BCUT2D eigenvalue weighted by molar-refractivity contribution is 6.03. The van der Waals surface area contributed by atoms with Crippen molar-refractivity contribution in [2.75, 3.05) is 13.7 Å². The zero-order chi connectivity index (χ0) is 21.1. The fourth-order valence-corrected chi connectivity index (χ4v) is 3.54. The van der Waals surface area contributed by atoms with E-state index in [2.05, 4.69) is 19.2 Å². The quantitative estimate of drug-likeness (QED) is 0.734. The fourth-order valence-electron chi connectivity index (χ4n) is 3.54. The number of rotatable bonds is 7. The van der Waals surface area contributed by atoms with Gasteiger partial charge in [-0.2, -0.15) is 0 Å². The smallest absolute Gasteiger partial charge is 0.287 e. The zero-order valence-corrected chi connectivity index (χ0v) is 17.8. The molecule has 1 aromatic heterocycles. The maximum Gasteiger partial charge on any atom is 0.287 e. The van der Waals surface area contributed by atoms with Gasteiger partial charge < -0.3 is 19.2 Å². The van der Waals surface area contributed by atoms with Crippen LogP contribution in [0.2, 0.25) is 0 Å². The molecular weight excluding hydrogens is 370 g/mol. The van der Waals surface area contributed by atoms with E-state index in [-0.39, 0.29) is 23.5 Å². The van der Waals surface area contributed by atoms with Crippen LogP contribution in [-0.4, -0.2) is 25.4 Å². The number of methoxy groups -OCH3 is 1. The van der Waals surface area contributed by atoms with Crippen LogP contribution in [0.25, 0.3) is 0 Å². The van der Waals surface area contributed by atoms with Gasteiger partial charge in [-0.3, -0.25) is 9.59 Å². The summed E-state index contributed by atoms with van der Waals surface area (Å²) in [6.45, 7) is 8.43. The van der Waals surface area contributed by atoms with Gasteiger partial charge in [0.05, 0.1) is 25.3 Å². The molecule has 3 rings (SSSR count). The number of furan rings is 1. The Kier molecular flexibility index (Phi) is 6.30. The Labute approximate surface area is 171 Å². The van der Waals surface area contributed by atoms with Crippen molar-refractivity contribution in [3.05, 3.63) is 46.4 Å². The van der Waals surface area contributed by atoms with Crippen molar-refractivity contribution in [2.45, 2.75) is 53.0 Å². The molecule has 1 aliphatic carbocycles. The third-order valence-corrected chi connectivity index (χ3v) is 5.12. The molecule has 1 aliphatic rings. The Morgan fingerprint density at radius 1 is 1.21 bits per heavy atom. The molecule has 0 bridgehead atoms. The molecule has 1 heterocycles. The SMILES string of the molecule is COc1cc([C@H](C)NC(=O)c2oc3c(c2C)C(=O)CCC3)ccc1OCC(C)C. The third kappa shape index (κ3) is 4.47. The van der Waals surface area contributed by atoms with Crippen molar-refractivity contribution in [3.63, 3.8) is 0 Å². The van der Waals surface area contributed by atoms with Gasteiger partial charge in [-0.15, -0.1) is 0 Å². The summed E-state index contributed by atoms with van der Waals surface area (Å²) in [6.07, 6.45) is 1.97. The number of benzene rings is 1. The second kappa shape index (κ2) is 8.72. The highest BCUT2D eigenvalue weighted by Crippen LogP contribution is 2.32. The highest BCUT2D eigenvalue weighted by atomic mass is 16.5. The maximum atomic E-state index is 12.8. The largest absolute Gasteiger partial charge is 0.493 e. The van der Waals surface area contributed by atoms with Gasteiger partial charge in [0.15, 0.2) is 23.0 Å². The molecule has 6 nitrogen and oxygen atoms in total. The summed E-state index contributed by atoms with van der Waals surface area (Å²) in [5.74, 6) is 2.30. The van der Waals surface area contributed by atoms with Crippen molar-refractivity contribution in [2.24, 2.45) is 5.92 Å². The van der Waals surface area contributed by atoms with Crippen molar-refractivity contribution in [1.29, 1.82) is 0 Å². The first-order valence-corrected chi connectivity index (χ1v) is 10.1. The van der Waals surface area contributed by atoms with E-state index in [1.807, 2.05) is 25.1 Å². The topological polar surface area (TPSA) is 77.8 Å². The minimum atomic E-state index is -0.323. The Morgan fingerprint density at radius 2 is 1.97 bits per heavy atom. The van der Waals surface area contributed by atoms with E-state index < -0.39 is 0 Å². The van der Waals surface area contributed by atoms with E-state index in [9.17, 15) is 9.59 Å². The minimum Gasteiger partial charge on any atom is -0.493 e. The second-order valence-corrected chi connectivity index (χ2v) is 7.94. The second-order valence-electron chi connectivity index (χ2n) is 7.94. The van der Waals surface area contributed by atoms with Gasteiger partial charge in [-0.05, 0) is 43.9 Å². The van der Waals surface area contributed by atoms with Crippen LogP contribution >= 0.6 is 0 Å². The number of ether oxygens (including phenoxy) is 2. The molecule has 0 unspecified atom stereocenters. The molecule has 2 aromatic rings. The normalized spacial score (nSPS) is 14.5. The molecular formula is C23H29NO5. The monoisotopic (exact) mass is 399 g/mol. The summed E-state index contributed by atoms with van der Waals surface area (Å²) in [6, 6.07) is 5.36. The average molecular weight is 399 g/mol. The van der Waals surface area contributed by atoms with Crippen LogP contribution in [0.15, 0.2) is 22.6 Å². The molecule has 29 heavy (non-hydrogen) atoms. The summed E-state index contributed by atoms with van der Waals surface area (Å²) in [5, 5.41) is 2.96. The van der Waals surface area contributed by atoms with E-state index in [4.69, 9.17) is 13.9 Å². The number of amides is 1. The molecule has 156 valence electrons. The summed E-state index contributed by atoms with van der Waals surface area (Å²) in [5.41, 5.74) is 2.10. The van der Waals surface area contributed by atoms with Gasteiger partial charge in [0.2, 0.25) is 0 Å². The van der Waals surface area contributed by atoms with E-state index in [1.165, 1.54) is 0 Å². The number of fused-ring (bicyclic) bond motifs is 1.